The fraction of sp³-hybridized carbons (Fsp3) is 0.188. The van der Waals surface area contributed by atoms with Gasteiger partial charge in [-0.3, -0.25) is 24.5 Å². The summed E-state index contributed by atoms with van der Waals surface area (Å²) < 4.78 is 5.42. The van der Waals surface area contributed by atoms with E-state index in [1.807, 2.05) is 48.5 Å². The third kappa shape index (κ3) is 3.38. The summed E-state index contributed by atoms with van der Waals surface area (Å²) in [6.07, 6.45) is 1.53. The van der Waals surface area contributed by atoms with Crippen molar-refractivity contribution in [2.24, 2.45) is 16.9 Å². The molecule has 3 aromatic carbocycles. The monoisotopic (exact) mass is 560 g/mol. The lowest BCUT2D eigenvalue weighted by atomic mass is 9.47. The SMILES string of the molecule is Cc1ccc(N2C(=O)[C@@H]3C4c5ccccc5C(/C=N\NC(=O)c5ccc(C)o5)(c5ccccc54)[C@H]3C2=O)c([N+](=O)[O-])c1. The minimum absolute atomic E-state index is 0.0592. The molecule has 4 aliphatic rings. The molecule has 0 saturated carbocycles. The van der Waals surface area contributed by atoms with Gasteiger partial charge in [0.25, 0.3) is 5.69 Å². The number of hydrogen-bond donors (Lipinski definition) is 1. The first-order valence-electron chi connectivity index (χ1n) is 13.5. The van der Waals surface area contributed by atoms with Gasteiger partial charge in [0.15, 0.2) is 5.76 Å². The molecule has 0 radical (unpaired) electrons. The van der Waals surface area contributed by atoms with Gasteiger partial charge in [-0.2, -0.15) is 5.10 Å². The second kappa shape index (κ2) is 9.07. The van der Waals surface area contributed by atoms with Crippen LogP contribution >= 0.6 is 0 Å². The minimum atomic E-state index is -1.24. The molecule has 2 bridgehead atoms. The van der Waals surface area contributed by atoms with Crippen molar-refractivity contribution in [3.05, 3.63) is 128 Å². The van der Waals surface area contributed by atoms with E-state index in [0.717, 1.165) is 27.2 Å². The molecule has 2 atom stereocenters. The Morgan fingerprint density at radius 1 is 0.976 bits per heavy atom. The summed E-state index contributed by atoms with van der Waals surface area (Å²) in [6.45, 7) is 3.43. The zero-order chi connectivity index (χ0) is 29.3. The van der Waals surface area contributed by atoms with Crippen molar-refractivity contribution >= 4 is 35.3 Å². The van der Waals surface area contributed by atoms with Gasteiger partial charge in [0.05, 0.1) is 22.2 Å². The molecule has 3 amide bonds. The molecular formula is C32H24N4O6. The number of imide groups is 1. The summed E-state index contributed by atoms with van der Waals surface area (Å²) in [5, 5.41) is 16.4. The Bertz CT molecular complexity index is 1830. The molecule has 2 heterocycles. The largest absolute Gasteiger partial charge is 0.456 e. The molecule has 8 rings (SSSR count). The first-order valence-corrected chi connectivity index (χ1v) is 13.5. The fourth-order valence-electron chi connectivity index (χ4n) is 7.06. The molecule has 1 fully saturated rings. The Kier molecular flexibility index (Phi) is 5.52. The van der Waals surface area contributed by atoms with Crippen LogP contribution in [0.5, 0.6) is 0 Å². The van der Waals surface area contributed by atoms with Crippen LogP contribution in [0.1, 0.15) is 50.1 Å². The van der Waals surface area contributed by atoms with Crippen molar-refractivity contribution in [1.29, 1.82) is 0 Å². The van der Waals surface area contributed by atoms with E-state index in [0.29, 0.717) is 11.3 Å². The maximum absolute atomic E-state index is 14.5. The molecule has 10 nitrogen and oxygen atoms in total. The number of aryl methyl sites for hydroxylation is 2. The van der Waals surface area contributed by atoms with E-state index in [2.05, 4.69) is 10.5 Å². The number of nitro benzene ring substituents is 1. The second-order valence-electron chi connectivity index (χ2n) is 10.9. The normalized spacial score (nSPS) is 23.6. The van der Waals surface area contributed by atoms with Gasteiger partial charge in [0.2, 0.25) is 11.8 Å². The van der Waals surface area contributed by atoms with Crippen LogP contribution in [0.3, 0.4) is 0 Å². The standard InChI is InChI=1S/C32H24N4O6/c1-17-11-13-23(24(15-17)36(40)41)35-30(38)27-26-19-7-3-5-9-21(19)32(28(27)31(35)39,22-10-6-4-8-20(22)26)16-33-34-29(37)25-14-12-18(2)42-25/h3-16,26-28H,1-2H3,(H,34,37)/b33-16-/t26?,27-,28-,32?/m1/s1. The van der Waals surface area contributed by atoms with E-state index in [4.69, 9.17) is 4.42 Å². The number of rotatable bonds is 5. The quantitative estimate of drug-likeness (QED) is 0.162. The summed E-state index contributed by atoms with van der Waals surface area (Å²) in [4.78, 5) is 54.0. The number of nitrogens with one attached hydrogen (secondary N) is 1. The average Bonchev–Trinajstić information content (AvgIpc) is 3.54. The van der Waals surface area contributed by atoms with E-state index in [1.165, 1.54) is 24.4 Å². The number of carbonyl (C=O) groups is 3. The summed E-state index contributed by atoms with van der Waals surface area (Å²) in [5.74, 6) is -3.19. The highest BCUT2D eigenvalue weighted by atomic mass is 16.6. The van der Waals surface area contributed by atoms with Crippen LogP contribution in [-0.2, 0) is 15.0 Å². The maximum atomic E-state index is 14.5. The van der Waals surface area contributed by atoms with Crippen LogP contribution in [-0.4, -0.2) is 28.9 Å². The van der Waals surface area contributed by atoms with Crippen LogP contribution in [0.25, 0.3) is 0 Å². The lowest BCUT2D eigenvalue weighted by Gasteiger charge is -2.52. The van der Waals surface area contributed by atoms with Crippen molar-refractivity contribution in [2.45, 2.75) is 25.2 Å². The van der Waals surface area contributed by atoms with E-state index in [9.17, 15) is 24.5 Å². The molecule has 3 aliphatic carbocycles. The summed E-state index contributed by atoms with van der Waals surface area (Å²) in [6, 6.07) is 22.8. The van der Waals surface area contributed by atoms with Crippen LogP contribution < -0.4 is 10.3 Å². The zero-order valence-electron chi connectivity index (χ0n) is 22.6. The Morgan fingerprint density at radius 3 is 2.26 bits per heavy atom. The maximum Gasteiger partial charge on any atom is 0.307 e. The highest BCUT2D eigenvalue weighted by molar-refractivity contribution is 6.25. The highest BCUT2D eigenvalue weighted by Crippen LogP contribution is 2.64. The number of benzene rings is 3. The van der Waals surface area contributed by atoms with Crippen LogP contribution in [0.15, 0.2) is 88.4 Å². The van der Waals surface area contributed by atoms with E-state index in [-0.39, 0.29) is 17.1 Å². The molecule has 42 heavy (non-hydrogen) atoms. The first kappa shape index (κ1) is 25.6. The number of furan rings is 1. The number of carbonyl (C=O) groups excluding carboxylic acids is 3. The van der Waals surface area contributed by atoms with Crippen molar-refractivity contribution in [2.75, 3.05) is 4.90 Å². The van der Waals surface area contributed by atoms with Gasteiger partial charge in [0.1, 0.15) is 11.4 Å². The van der Waals surface area contributed by atoms with Gasteiger partial charge in [-0.25, -0.2) is 10.3 Å². The molecule has 1 N–H and O–H groups in total. The fourth-order valence-corrected chi connectivity index (χ4v) is 7.06. The predicted octanol–water partition coefficient (Wildman–Crippen LogP) is 4.77. The molecule has 1 aromatic heterocycles. The molecule has 4 aromatic rings. The van der Waals surface area contributed by atoms with Gasteiger partial charge in [-0.05, 0) is 59.9 Å². The third-order valence-corrected chi connectivity index (χ3v) is 8.65. The second-order valence-corrected chi connectivity index (χ2v) is 10.9. The summed E-state index contributed by atoms with van der Waals surface area (Å²) >= 11 is 0. The zero-order valence-corrected chi connectivity index (χ0v) is 22.6. The van der Waals surface area contributed by atoms with Gasteiger partial charge in [-0.15, -0.1) is 0 Å². The third-order valence-electron chi connectivity index (χ3n) is 8.65. The Labute approximate surface area is 239 Å². The molecule has 1 saturated heterocycles. The molecule has 10 heteroatoms. The van der Waals surface area contributed by atoms with E-state index < -0.39 is 45.8 Å². The Hall–Kier alpha value is -5.38. The van der Waals surface area contributed by atoms with Crippen molar-refractivity contribution in [3.63, 3.8) is 0 Å². The molecule has 1 aliphatic heterocycles. The number of nitro groups is 1. The topological polar surface area (TPSA) is 135 Å². The average molecular weight is 561 g/mol. The number of amides is 3. The smallest absolute Gasteiger partial charge is 0.307 e. The predicted molar refractivity (Wildman–Crippen MR) is 152 cm³/mol. The lowest BCUT2D eigenvalue weighted by molar-refractivity contribution is -0.384. The highest BCUT2D eigenvalue weighted by Gasteiger charge is 2.68. The number of hydrogen-bond acceptors (Lipinski definition) is 7. The molecule has 0 unspecified atom stereocenters. The lowest BCUT2D eigenvalue weighted by Crippen LogP contribution is -2.54. The van der Waals surface area contributed by atoms with Crippen molar-refractivity contribution in [1.82, 2.24) is 5.43 Å². The Balaban J connectivity index is 1.42. The van der Waals surface area contributed by atoms with Crippen LogP contribution in [0.2, 0.25) is 0 Å². The van der Waals surface area contributed by atoms with E-state index >= 15 is 0 Å². The first-order chi connectivity index (χ1) is 20.2. The van der Waals surface area contributed by atoms with Gasteiger partial charge in [0, 0.05) is 18.2 Å². The van der Waals surface area contributed by atoms with Crippen LogP contribution in [0, 0.1) is 35.8 Å². The van der Waals surface area contributed by atoms with Crippen molar-refractivity contribution in [3.8, 4) is 0 Å². The van der Waals surface area contributed by atoms with Crippen molar-refractivity contribution < 1.29 is 23.7 Å². The molecule has 208 valence electrons. The summed E-state index contributed by atoms with van der Waals surface area (Å²) in [5.41, 5.74) is 4.87. The van der Waals surface area contributed by atoms with Gasteiger partial charge >= 0.3 is 5.91 Å². The minimum Gasteiger partial charge on any atom is -0.456 e. The number of hydrazone groups is 1. The molecular weight excluding hydrogens is 536 g/mol. The van der Waals surface area contributed by atoms with Gasteiger partial charge < -0.3 is 4.42 Å². The Morgan fingerprint density at radius 2 is 1.64 bits per heavy atom. The van der Waals surface area contributed by atoms with Crippen LogP contribution in [0.4, 0.5) is 11.4 Å². The number of nitrogens with zero attached hydrogens (tertiary/aromatic N) is 3. The van der Waals surface area contributed by atoms with Gasteiger partial charge in [-0.1, -0.05) is 54.6 Å². The number of anilines is 1. The van der Waals surface area contributed by atoms with E-state index in [1.54, 1.807) is 26.0 Å². The summed E-state index contributed by atoms with van der Waals surface area (Å²) in [7, 11) is 0. The molecule has 0 spiro atoms.